The molecule has 3 rings (SSSR count). The zero-order valence-corrected chi connectivity index (χ0v) is 16.1. The summed E-state index contributed by atoms with van der Waals surface area (Å²) in [6.07, 6.45) is 1.46. The number of hydrogen-bond donors (Lipinski definition) is 0. The zero-order chi connectivity index (χ0) is 18.0. The first-order valence-electron chi connectivity index (χ1n) is 8.41. The molecule has 0 spiro atoms. The molecule has 2 heterocycles. The number of rotatable bonds is 5. The summed E-state index contributed by atoms with van der Waals surface area (Å²) in [5, 5.41) is 4.89. The summed E-state index contributed by atoms with van der Waals surface area (Å²) in [4.78, 5) is 2.57. The molecule has 2 aromatic rings. The molecule has 25 heavy (non-hydrogen) atoms. The van der Waals surface area contributed by atoms with E-state index in [1.54, 1.807) is 15.9 Å². The Morgan fingerprint density at radius 1 is 1.20 bits per heavy atom. The minimum atomic E-state index is -3.48. The van der Waals surface area contributed by atoms with E-state index in [0.29, 0.717) is 43.3 Å². The molecule has 0 aliphatic carbocycles. The van der Waals surface area contributed by atoms with Crippen LogP contribution in [0.4, 0.5) is 0 Å². The highest BCUT2D eigenvalue weighted by molar-refractivity contribution is 7.89. The van der Waals surface area contributed by atoms with Crippen molar-refractivity contribution in [1.29, 1.82) is 0 Å². The topological polar surface area (TPSA) is 58.4 Å². The number of hydrogen-bond acceptors (Lipinski definition) is 4. The normalized spacial score (nSPS) is 17.1. The van der Waals surface area contributed by atoms with Crippen LogP contribution in [-0.4, -0.2) is 53.6 Å². The second-order valence-electron chi connectivity index (χ2n) is 6.22. The van der Waals surface area contributed by atoms with Gasteiger partial charge in [0.1, 0.15) is 4.90 Å². The lowest BCUT2D eigenvalue weighted by molar-refractivity contribution is 0.181. The van der Waals surface area contributed by atoms with E-state index in [-0.39, 0.29) is 0 Å². The lowest BCUT2D eigenvalue weighted by Crippen LogP contribution is -2.48. The van der Waals surface area contributed by atoms with Crippen LogP contribution in [0.5, 0.6) is 0 Å². The van der Waals surface area contributed by atoms with Crippen LogP contribution in [-0.2, 0) is 23.1 Å². The van der Waals surface area contributed by atoms with Crippen LogP contribution < -0.4 is 0 Å². The van der Waals surface area contributed by atoms with Gasteiger partial charge in [0.25, 0.3) is 0 Å². The van der Waals surface area contributed by atoms with Crippen LogP contribution in [0.1, 0.15) is 18.2 Å². The predicted molar refractivity (Wildman–Crippen MR) is 98.1 cm³/mol. The van der Waals surface area contributed by atoms with Gasteiger partial charge in [-0.05, 0) is 31.5 Å². The third-order valence-corrected chi connectivity index (χ3v) is 6.84. The van der Waals surface area contributed by atoms with Gasteiger partial charge in [-0.1, -0.05) is 23.7 Å². The van der Waals surface area contributed by atoms with Crippen molar-refractivity contribution in [1.82, 2.24) is 19.0 Å². The minimum absolute atomic E-state index is 0.317. The molecule has 1 aliphatic rings. The van der Waals surface area contributed by atoms with Crippen molar-refractivity contribution in [3.63, 3.8) is 0 Å². The molecular formula is C17H23ClN4O2S. The summed E-state index contributed by atoms with van der Waals surface area (Å²) in [6, 6.07) is 7.78. The van der Waals surface area contributed by atoms with Crippen LogP contribution in [0.3, 0.4) is 0 Å². The van der Waals surface area contributed by atoms with Crippen LogP contribution >= 0.6 is 11.6 Å². The molecule has 8 heteroatoms. The second-order valence-corrected chi connectivity index (χ2v) is 8.56. The molecule has 1 aromatic heterocycles. The van der Waals surface area contributed by atoms with E-state index in [0.717, 1.165) is 17.1 Å². The predicted octanol–water partition coefficient (Wildman–Crippen LogP) is 2.37. The SMILES string of the molecule is CCn1ncc(S(=O)(=O)N2CCN(Cc3cccc(Cl)c3)CC2)c1C. The molecule has 0 unspecified atom stereocenters. The molecule has 1 saturated heterocycles. The van der Waals surface area contributed by atoms with Crippen LogP contribution in [0.15, 0.2) is 35.4 Å². The third-order valence-electron chi connectivity index (χ3n) is 4.60. The number of aromatic nitrogens is 2. The highest BCUT2D eigenvalue weighted by Crippen LogP contribution is 2.21. The highest BCUT2D eigenvalue weighted by Gasteiger charge is 2.31. The summed E-state index contributed by atoms with van der Waals surface area (Å²) in [5.41, 5.74) is 1.84. The molecule has 0 radical (unpaired) electrons. The fraction of sp³-hybridized carbons (Fsp3) is 0.471. The van der Waals surface area contributed by atoms with Crippen molar-refractivity contribution >= 4 is 21.6 Å². The number of nitrogens with zero attached hydrogens (tertiary/aromatic N) is 4. The Labute approximate surface area is 154 Å². The van der Waals surface area contributed by atoms with Gasteiger partial charge in [-0.25, -0.2) is 8.42 Å². The first-order valence-corrected chi connectivity index (χ1v) is 10.2. The standard InChI is InChI=1S/C17H23ClN4O2S/c1-3-22-14(2)17(12-19-22)25(23,24)21-9-7-20(8-10-21)13-15-5-4-6-16(18)11-15/h4-6,11-12H,3,7-10,13H2,1-2H3. The van der Waals surface area contributed by atoms with Crippen LogP contribution in [0, 0.1) is 6.92 Å². The average molecular weight is 383 g/mol. The first kappa shape index (κ1) is 18.4. The third kappa shape index (κ3) is 3.89. The molecule has 0 saturated carbocycles. The van der Waals surface area contributed by atoms with Crippen molar-refractivity contribution < 1.29 is 8.42 Å². The van der Waals surface area contributed by atoms with Crippen LogP contribution in [0.25, 0.3) is 0 Å². The van der Waals surface area contributed by atoms with E-state index in [1.807, 2.05) is 31.2 Å². The number of halogens is 1. The van der Waals surface area contributed by atoms with E-state index in [4.69, 9.17) is 11.6 Å². The largest absolute Gasteiger partial charge is 0.296 e. The van der Waals surface area contributed by atoms with E-state index in [9.17, 15) is 8.42 Å². The van der Waals surface area contributed by atoms with Gasteiger partial charge in [-0.15, -0.1) is 0 Å². The van der Waals surface area contributed by atoms with E-state index in [2.05, 4.69) is 10.00 Å². The lowest BCUT2D eigenvalue weighted by Gasteiger charge is -2.33. The van der Waals surface area contributed by atoms with E-state index < -0.39 is 10.0 Å². The Kier molecular flexibility index (Phi) is 5.48. The zero-order valence-electron chi connectivity index (χ0n) is 14.5. The van der Waals surface area contributed by atoms with Gasteiger partial charge in [0, 0.05) is 44.3 Å². The maximum atomic E-state index is 12.9. The smallest absolute Gasteiger partial charge is 0.246 e. The fourth-order valence-electron chi connectivity index (χ4n) is 3.16. The number of benzene rings is 1. The summed E-state index contributed by atoms with van der Waals surface area (Å²) in [6.45, 7) is 7.57. The Morgan fingerprint density at radius 2 is 1.92 bits per heavy atom. The molecule has 0 N–H and O–H groups in total. The van der Waals surface area contributed by atoms with Crippen molar-refractivity contribution in [3.8, 4) is 0 Å². The quantitative estimate of drug-likeness (QED) is 0.796. The molecule has 1 aliphatic heterocycles. The maximum absolute atomic E-state index is 12.9. The molecule has 136 valence electrons. The minimum Gasteiger partial charge on any atom is -0.296 e. The molecule has 6 nitrogen and oxygen atoms in total. The monoisotopic (exact) mass is 382 g/mol. The van der Waals surface area contributed by atoms with E-state index >= 15 is 0 Å². The Balaban J connectivity index is 1.66. The highest BCUT2D eigenvalue weighted by atomic mass is 35.5. The van der Waals surface area contributed by atoms with E-state index in [1.165, 1.54) is 6.20 Å². The number of sulfonamides is 1. The van der Waals surface area contributed by atoms with Gasteiger partial charge in [0.05, 0.1) is 11.9 Å². The summed E-state index contributed by atoms with van der Waals surface area (Å²) in [7, 11) is -3.48. The lowest BCUT2D eigenvalue weighted by atomic mass is 10.2. The molecule has 0 atom stereocenters. The maximum Gasteiger partial charge on any atom is 0.246 e. The van der Waals surface area contributed by atoms with Gasteiger partial charge in [0.15, 0.2) is 0 Å². The summed E-state index contributed by atoms with van der Waals surface area (Å²) >= 11 is 6.03. The Morgan fingerprint density at radius 3 is 2.52 bits per heavy atom. The summed E-state index contributed by atoms with van der Waals surface area (Å²) in [5.74, 6) is 0. The molecule has 1 aromatic carbocycles. The van der Waals surface area contributed by atoms with Crippen molar-refractivity contribution in [3.05, 3.63) is 46.7 Å². The molecule has 1 fully saturated rings. The van der Waals surface area contributed by atoms with Gasteiger partial charge in [-0.2, -0.15) is 9.40 Å². The fourth-order valence-corrected chi connectivity index (χ4v) is 4.96. The van der Waals surface area contributed by atoms with Crippen molar-refractivity contribution in [2.24, 2.45) is 0 Å². The Hall–Kier alpha value is -1.41. The molecular weight excluding hydrogens is 360 g/mol. The number of aryl methyl sites for hydroxylation is 1. The molecule has 0 bridgehead atoms. The summed E-state index contributed by atoms with van der Waals surface area (Å²) < 4.78 is 29.0. The van der Waals surface area contributed by atoms with Gasteiger partial charge in [0.2, 0.25) is 10.0 Å². The van der Waals surface area contributed by atoms with Crippen molar-refractivity contribution in [2.75, 3.05) is 26.2 Å². The van der Waals surface area contributed by atoms with Gasteiger partial charge in [-0.3, -0.25) is 9.58 Å². The molecule has 0 amide bonds. The first-order chi connectivity index (χ1) is 11.9. The second kappa shape index (κ2) is 7.45. The van der Waals surface area contributed by atoms with Gasteiger partial charge >= 0.3 is 0 Å². The average Bonchev–Trinajstić information content (AvgIpc) is 2.97. The van der Waals surface area contributed by atoms with Gasteiger partial charge < -0.3 is 0 Å². The van der Waals surface area contributed by atoms with Crippen molar-refractivity contribution in [2.45, 2.75) is 31.8 Å². The Bertz CT molecular complexity index is 842. The van der Waals surface area contributed by atoms with Crippen LogP contribution in [0.2, 0.25) is 5.02 Å². The number of piperazine rings is 1.